The first-order valence-electron chi connectivity index (χ1n) is 9.18. The Morgan fingerprint density at radius 2 is 1.77 bits per heavy atom. The number of hydrogen-bond donors (Lipinski definition) is 0. The zero-order valence-corrected chi connectivity index (χ0v) is 15.5. The summed E-state index contributed by atoms with van der Waals surface area (Å²) < 4.78 is 16.5. The fraction of sp³-hybridized carbons (Fsp3) is 0.571. The third kappa shape index (κ3) is 4.77. The van der Waals surface area contributed by atoms with Crippen molar-refractivity contribution in [3.63, 3.8) is 0 Å². The van der Waals surface area contributed by atoms with Gasteiger partial charge in [0.25, 0.3) is 0 Å². The molecule has 1 aliphatic heterocycles. The zero-order valence-electron chi connectivity index (χ0n) is 15.5. The number of piperidine rings is 1. The summed E-state index contributed by atoms with van der Waals surface area (Å²) in [5.74, 6) is 6.02. The van der Waals surface area contributed by atoms with E-state index in [4.69, 9.17) is 14.2 Å². The minimum atomic E-state index is 0.328. The minimum absolute atomic E-state index is 0.328. The Morgan fingerprint density at radius 1 is 1.04 bits per heavy atom. The molecule has 0 amide bonds. The molecule has 5 heteroatoms. The van der Waals surface area contributed by atoms with Crippen molar-refractivity contribution in [2.75, 3.05) is 38.8 Å². The zero-order chi connectivity index (χ0) is 18.4. The number of rotatable bonds is 5. The van der Waals surface area contributed by atoms with Gasteiger partial charge in [0.1, 0.15) is 6.61 Å². The summed E-state index contributed by atoms with van der Waals surface area (Å²) in [5, 5.41) is 9.30. The molecule has 0 unspecified atom stereocenters. The van der Waals surface area contributed by atoms with Gasteiger partial charge in [-0.2, -0.15) is 5.26 Å². The Kier molecular flexibility index (Phi) is 6.52. The highest BCUT2D eigenvalue weighted by molar-refractivity contribution is 5.57. The van der Waals surface area contributed by atoms with Gasteiger partial charge in [-0.05, 0) is 43.9 Å². The van der Waals surface area contributed by atoms with Crippen molar-refractivity contribution in [1.82, 2.24) is 0 Å². The van der Waals surface area contributed by atoms with Gasteiger partial charge in [0.2, 0.25) is 0 Å². The lowest BCUT2D eigenvalue weighted by Crippen LogP contribution is -2.43. The van der Waals surface area contributed by atoms with Crippen LogP contribution in [-0.2, 0) is 14.2 Å². The predicted octanol–water partition coefficient (Wildman–Crippen LogP) is 2.72. The lowest BCUT2D eigenvalue weighted by atomic mass is 9.91. The lowest BCUT2D eigenvalue weighted by Gasteiger charge is -2.40. The molecule has 1 saturated heterocycles. The van der Waals surface area contributed by atoms with Gasteiger partial charge in [-0.25, -0.2) is 0 Å². The second-order valence-corrected chi connectivity index (χ2v) is 6.89. The molecule has 1 heterocycles. The van der Waals surface area contributed by atoms with Crippen molar-refractivity contribution in [3.8, 4) is 17.9 Å². The van der Waals surface area contributed by atoms with Crippen molar-refractivity contribution < 1.29 is 14.2 Å². The summed E-state index contributed by atoms with van der Waals surface area (Å²) in [5.41, 5.74) is 2.56. The topological polar surface area (TPSA) is 54.7 Å². The van der Waals surface area contributed by atoms with E-state index in [1.807, 2.05) is 12.1 Å². The molecule has 2 aliphatic rings. The Balaban J connectivity index is 1.57. The van der Waals surface area contributed by atoms with Gasteiger partial charge in [-0.15, -0.1) is 0 Å². The standard InChI is InChI=1S/C21H26N2O3/c1-24-9-3-4-16-10-17(15-22)12-18(11-16)23-7-5-19(6-8-23)26-21-13-20(14-21)25-2/h10-12,19-21H,5-9,13-14H2,1-2H3. The summed E-state index contributed by atoms with van der Waals surface area (Å²) in [6.45, 7) is 2.26. The molecule has 1 aromatic carbocycles. The third-order valence-electron chi connectivity index (χ3n) is 5.07. The fourth-order valence-corrected chi connectivity index (χ4v) is 3.48. The number of nitriles is 1. The number of anilines is 1. The van der Waals surface area contributed by atoms with Gasteiger partial charge in [0.05, 0.1) is 29.9 Å². The van der Waals surface area contributed by atoms with E-state index in [-0.39, 0.29) is 0 Å². The third-order valence-corrected chi connectivity index (χ3v) is 5.07. The van der Waals surface area contributed by atoms with E-state index in [9.17, 15) is 5.26 Å². The molecule has 0 N–H and O–H groups in total. The van der Waals surface area contributed by atoms with E-state index < -0.39 is 0 Å². The van der Waals surface area contributed by atoms with E-state index in [2.05, 4.69) is 28.9 Å². The average Bonchev–Trinajstić information content (AvgIpc) is 2.64. The number of methoxy groups -OCH3 is 2. The highest BCUT2D eigenvalue weighted by Crippen LogP contribution is 2.30. The number of hydrogen-bond acceptors (Lipinski definition) is 5. The molecule has 0 spiro atoms. The van der Waals surface area contributed by atoms with Crippen molar-refractivity contribution in [1.29, 1.82) is 5.26 Å². The van der Waals surface area contributed by atoms with Gasteiger partial charge in [0.15, 0.2) is 0 Å². The monoisotopic (exact) mass is 354 g/mol. The van der Waals surface area contributed by atoms with Gasteiger partial charge < -0.3 is 19.1 Å². The Morgan fingerprint density at radius 3 is 2.42 bits per heavy atom. The second-order valence-electron chi connectivity index (χ2n) is 6.89. The van der Waals surface area contributed by atoms with Crippen LogP contribution >= 0.6 is 0 Å². The molecule has 0 bridgehead atoms. The summed E-state index contributed by atoms with van der Waals surface area (Å²) in [4.78, 5) is 2.32. The van der Waals surface area contributed by atoms with Crippen LogP contribution in [0.1, 0.15) is 36.8 Å². The second kappa shape index (κ2) is 9.05. The molecular formula is C21H26N2O3. The molecule has 1 saturated carbocycles. The normalized spacial score (nSPS) is 22.9. The van der Waals surface area contributed by atoms with Crippen LogP contribution in [0.2, 0.25) is 0 Å². The van der Waals surface area contributed by atoms with Crippen LogP contribution in [0, 0.1) is 23.2 Å². The molecule has 5 nitrogen and oxygen atoms in total. The molecule has 0 atom stereocenters. The maximum atomic E-state index is 9.30. The van der Waals surface area contributed by atoms with E-state index in [0.717, 1.165) is 50.0 Å². The molecule has 0 radical (unpaired) electrons. The van der Waals surface area contributed by atoms with Gasteiger partial charge in [-0.3, -0.25) is 0 Å². The molecule has 1 aliphatic carbocycles. The Hall–Kier alpha value is -2.05. The first-order chi connectivity index (χ1) is 12.7. The van der Waals surface area contributed by atoms with Gasteiger partial charge in [-0.1, -0.05) is 11.8 Å². The quantitative estimate of drug-likeness (QED) is 0.761. The number of benzene rings is 1. The molecular weight excluding hydrogens is 328 g/mol. The summed E-state index contributed by atoms with van der Waals surface area (Å²) >= 11 is 0. The Labute approximate surface area is 155 Å². The predicted molar refractivity (Wildman–Crippen MR) is 100 cm³/mol. The smallest absolute Gasteiger partial charge is 0.107 e. The molecule has 3 rings (SSSR count). The number of nitrogens with zero attached hydrogens (tertiary/aromatic N) is 2. The molecule has 2 fully saturated rings. The van der Waals surface area contributed by atoms with Crippen LogP contribution in [-0.4, -0.2) is 52.2 Å². The average molecular weight is 354 g/mol. The summed E-state index contributed by atoms with van der Waals surface area (Å²) in [6.07, 6.45) is 5.13. The highest BCUT2D eigenvalue weighted by atomic mass is 16.5. The molecule has 138 valence electrons. The maximum absolute atomic E-state index is 9.30. The van der Waals surface area contributed by atoms with Crippen molar-refractivity contribution in [2.45, 2.75) is 44.0 Å². The van der Waals surface area contributed by atoms with Crippen molar-refractivity contribution in [3.05, 3.63) is 29.3 Å². The van der Waals surface area contributed by atoms with E-state index in [1.165, 1.54) is 0 Å². The largest absolute Gasteiger partial charge is 0.381 e. The lowest BCUT2D eigenvalue weighted by molar-refractivity contribution is -0.119. The van der Waals surface area contributed by atoms with Crippen LogP contribution in [0.5, 0.6) is 0 Å². The van der Waals surface area contributed by atoms with Crippen LogP contribution < -0.4 is 4.90 Å². The molecule has 0 aromatic heterocycles. The maximum Gasteiger partial charge on any atom is 0.107 e. The highest BCUT2D eigenvalue weighted by Gasteiger charge is 2.32. The first-order valence-corrected chi connectivity index (χ1v) is 9.18. The van der Waals surface area contributed by atoms with Crippen LogP contribution in [0.3, 0.4) is 0 Å². The first kappa shape index (κ1) is 18.7. The van der Waals surface area contributed by atoms with E-state index in [0.29, 0.717) is 30.5 Å². The SMILES string of the molecule is COCC#Cc1cc(C#N)cc(N2CCC(OC3CC(OC)C3)CC2)c1. The minimum Gasteiger partial charge on any atom is -0.381 e. The van der Waals surface area contributed by atoms with Gasteiger partial charge in [0, 0.05) is 38.6 Å². The molecule has 1 aromatic rings. The summed E-state index contributed by atoms with van der Waals surface area (Å²) in [6, 6.07) is 8.06. The van der Waals surface area contributed by atoms with Crippen LogP contribution in [0.4, 0.5) is 5.69 Å². The van der Waals surface area contributed by atoms with Crippen LogP contribution in [0.25, 0.3) is 0 Å². The molecule has 26 heavy (non-hydrogen) atoms. The van der Waals surface area contributed by atoms with E-state index in [1.54, 1.807) is 14.2 Å². The van der Waals surface area contributed by atoms with Gasteiger partial charge >= 0.3 is 0 Å². The Bertz CT molecular complexity index is 702. The van der Waals surface area contributed by atoms with E-state index >= 15 is 0 Å². The van der Waals surface area contributed by atoms with Crippen molar-refractivity contribution >= 4 is 5.69 Å². The number of ether oxygens (including phenoxy) is 3. The summed E-state index contributed by atoms with van der Waals surface area (Å²) in [7, 11) is 3.39. The van der Waals surface area contributed by atoms with Crippen molar-refractivity contribution in [2.24, 2.45) is 0 Å². The fourth-order valence-electron chi connectivity index (χ4n) is 3.48. The van der Waals surface area contributed by atoms with Crippen LogP contribution in [0.15, 0.2) is 18.2 Å².